The minimum Gasteiger partial charge on any atom is -0.464 e. The van der Waals surface area contributed by atoms with Crippen LogP contribution in [-0.4, -0.2) is 84.1 Å². The summed E-state index contributed by atoms with van der Waals surface area (Å²) in [6.45, 7) is 10.6. The van der Waals surface area contributed by atoms with Crippen LogP contribution in [0.5, 0.6) is 0 Å². The number of aromatic nitrogens is 1. The number of piperidine rings is 1. The lowest BCUT2D eigenvalue weighted by molar-refractivity contribution is -0.159. The predicted molar refractivity (Wildman–Crippen MR) is 155 cm³/mol. The molecule has 2 heterocycles. The number of aryl methyl sites for hydroxylation is 1. The van der Waals surface area contributed by atoms with Crippen molar-refractivity contribution in [2.24, 2.45) is 11.8 Å². The number of nitrogens with one attached hydrogen (secondary N) is 1. The van der Waals surface area contributed by atoms with Crippen molar-refractivity contribution < 1.29 is 28.7 Å². The van der Waals surface area contributed by atoms with Crippen LogP contribution in [0.3, 0.4) is 0 Å². The van der Waals surface area contributed by atoms with Crippen LogP contribution in [0, 0.1) is 11.8 Å². The van der Waals surface area contributed by atoms with Gasteiger partial charge in [0.05, 0.1) is 18.2 Å². The standard InChI is InChI=1S/C29H48N4O6S/c1-8-12-25(34)39-18-33(22(19(3)4)14-15-24-30-21(17-40-24)29(37)38-7)28(36)26(20(5)9-2)31-27(35)23-13-10-11-16-32(23)6/h17,19-20,22-23,26H,8-16,18H2,1-7H3,(H,31,35)/t20?,22-,23?,26?/m1/s1. The molecular weight excluding hydrogens is 532 g/mol. The van der Waals surface area contributed by atoms with Gasteiger partial charge in [-0.1, -0.05) is 47.5 Å². The molecule has 1 aromatic heterocycles. The van der Waals surface area contributed by atoms with E-state index in [0.29, 0.717) is 25.7 Å². The number of likely N-dealkylation sites (N-methyl/N-ethyl adjacent to an activating group) is 1. The quantitative estimate of drug-likeness (QED) is 0.244. The van der Waals surface area contributed by atoms with Crippen LogP contribution >= 0.6 is 11.3 Å². The Labute approximate surface area is 243 Å². The monoisotopic (exact) mass is 580 g/mol. The summed E-state index contributed by atoms with van der Waals surface area (Å²) in [6.07, 6.45) is 5.49. The van der Waals surface area contributed by atoms with E-state index in [1.165, 1.54) is 18.4 Å². The zero-order valence-corrected chi connectivity index (χ0v) is 26.1. The minimum absolute atomic E-state index is 0.0339. The molecule has 0 saturated carbocycles. The van der Waals surface area contributed by atoms with E-state index in [0.717, 1.165) is 30.8 Å². The summed E-state index contributed by atoms with van der Waals surface area (Å²) in [7, 11) is 3.26. The largest absolute Gasteiger partial charge is 0.464 e. The Morgan fingerprint density at radius 3 is 2.52 bits per heavy atom. The number of likely N-dealkylation sites (tertiary alicyclic amines) is 1. The molecule has 2 amide bonds. The van der Waals surface area contributed by atoms with Crippen LogP contribution in [0.4, 0.5) is 0 Å². The van der Waals surface area contributed by atoms with Crippen molar-refractivity contribution in [2.45, 2.75) is 104 Å². The number of carbonyl (C=O) groups excluding carboxylic acids is 4. The maximum Gasteiger partial charge on any atom is 0.357 e. The van der Waals surface area contributed by atoms with Crippen LogP contribution < -0.4 is 5.32 Å². The highest BCUT2D eigenvalue weighted by Crippen LogP contribution is 2.24. The summed E-state index contributed by atoms with van der Waals surface area (Å²) < 4.78 is 10.3. The van der Waals surface area contributed by atoms with Crippen LogP contribution in [-0.2, 0) is 30.3 Å². The second-order valence-corrected chi connectivity index (χ2v) is 12.0. The Kier molecular flexibility index (Phi) is 14.0. The van der Waals surface area contributed by atoms with Gasteiger partial charge in [0, 0.05) is 24.3 Å². The zero-order chi connectivity index (χ0) is 29.8. The fourth-order valence-electron chi connectivity index (χ4n) is 5.00. The highest BCUT2D eigenvalue weighted by atomic mass is 32.1. The Balaban J connectivity index is 2.31. The molecule has 4 atom stereocenters. The predicted octanol–water partition coefficient (Wildman–Crippen LogP) is 4.03. The first-order valence-electron chi connectivity index (χ1n) is 14.5. The number of esters is 2. The maximum absolute atomic E-state index is 14.2. The highest BCUT2D eigenvalue weighted by Gasteiger charge is 2.37. The van der Waals surface area contributed by atoms with E-state index >= 15 is 0 Å². The second kappa shape index (κ2) is 16.7. The van der Waals surface area contributed by atoms with Crippen LogP contribution in [0.15, 0.2) is 5.38 Å². The first-order valence-corrected chi connectivity index (χ1v) is 15.4. The summed E-state index contributed by atoms with van der Waals surface area (Å²) in [4.78, 5) is 59.8. The molecule has 226 valence electrons. The lowest BCUT2D eigenvalue weighted by atomic mass is 9.93. The van der Waals surface area contributed by atoms with Gasteiger partial charge in [0.15, 0.2) is 12.4 Å². The van der Waals surface area contributed by atoms with E-state index in [-0.39, 0.29) is 60.5 Å². The van der Waals surface area contributed by atoms with Crippen molar-refractivity contribution in [3.63, 3.8) is 0 Å². The fourth-order valence-corrected chi connectivity index (χ4v) is 5.79. The molecule has 0 radical (unpaired) electrons. The number of amides is 2. The molecule has 3 unspecified atom stereocenters. The van der Waals surface area contributed by atoms with Gasteiger partial charge >= 0.3 is 11.9 Å². The molecule has 10 nitrogen and oxygen atoms in total. The average molecular weight is 581 g/mol. The van der Waals surface area contributed by atoms with Gasteiger partial charge in [-0.2, -0.15) is 0 Å². The summed E-state index contributed by atoms with van der Waals surface area (Å²) in [6, 6.07) is -1.29. The van der Waals surface area contributed by atoms with E-state index in [1.807, 2.05) is 41.7 Å². The van der Waals surface area contributed by atoms with Crippen molar-refractivity contribution in [3.8, 4) is 0 Å². The SMILES string of the molecule is CCCC(=O)OCN(C(=O)C(NC(=O)C1CCCCN1C)C(C)CC)[C@H](CCc1nc(C(=O)OC)cs1)C(C)C. The molecular formula is C29H48N4O6S. The third-order valence-electron chi connectivity index (χ3n) is 7.72. The number of rotatable bonds is 15. The number of thiazole rings is 1. The van der Waals surface area contributed by atoms with Gasteiger partial charge in [0.2, 0.25) is 11.8 Å². The lowest BCUT2D eigenvalue weighted by Crippen LogP contribution is -2.59. The number of nitrogens with zero attached hydrogens (tertiary/aromatic N) is 3. The van der Waals surface area contributed by atoms with E-state index in [2.05, 4.69) is 15.2 Å². The molecule has 2 rings (SSSR count). The first kappa shape index (κ1) is 33.7. The molecule has 11 heteroatoms. The fraction of sp³-hybridized carbons (Fsp3) is 0.759. The number of carbonyl (C=O) groups is 4. The summed E-state index contributed by atoms with van der Waals surface area (Å²) >= 11 is 1.37. The molecule has 1 aliphatic heterocycles. The average Bonchev–Trinajstić information content (AvgIpc) is 3.41. The summed E-state index contributed by atoms with van der Waals surface area (Å²) in [5.74, 6) is -1.32. The van der Waals surface area contributed by atoms with Gasteiger partial charge in [-0.25, -0.2) is 9.78 Å². The van der Waals surface area contributed by atoms with Crippen molar-refractivity contribution in [1.29, 1.82) is 0 Å². The minimum atomic E-state index is -0.746. The molecule has 0 aliphatic carbocycles. The molecule has 1 aromatic rings. The molecule has 0 aromatic carbocycles. The van der Waals surface area contributed by atoms with E-state index < -0.39 is 12.0 Å². The van der Waals surface area contributed by atoms with Gasteiger partial charge in [-0.3, -0.25) is 19.3 Å². The highest BCUT2D eigenvalue weighted by molar-refractivity contribution is 7.09. The van der Waals surface area contributed by atoms with Gasteiger partial charge in [-0.15, -0.1) is 11.3 Å². The van der Waals surface area contributed by atoms with Crippen LogP contribution in [0.25, 0.3) is 0 Å². The Hall–Kier alpha value is -2.53. The lowest BCUT2D eigenvalue weighted by Gasteiger charge is -2.39. The van der Waals surface area contributed by atoms with Gasteiger partial charge < -0.3 is 19.7 Å². The number of methoxy groups -OCH3 is 1. The molecule has 1 fully saturated rings. The Morgan fingerprint density at radius 1 is 1.20 bits per heavy atom. The summed E-state index contributed by atoms with van der Waals surface area (Å²) in [5.41, 5.74) is 0.261. The topological polar surface area (TPSA) is 118 Å². The van der Waals surface area contributed by atoms with Gasteiger partial charge in [0.25, 0.3) is 0 Å². The van der Waals surface area contributed by atoms with Gasteiger partial charge in [0.1, 0.15) is 6.04 Å². The number of hydrogen-bond donors (Lipinski definition) is 1. The van der Waals surface area contributed by atoms with Gasteiger partial charge in [-0.05, 0) is 51.1 Å². The molecule has 40 heavy (non-hydrogen) atoms. The molecule has 0 spiro atoms. The third kappa shape index (κ3) is 9.54. The zero-order valence-electron chi connectivity index (χ0n) is 25.2. The number of hydrogen-bond acceptors (Lipinski definition) is 9. The van der Waals surface area contributed by atoms with Crippen LogP contribution in [0.1, 0.15) is 95.1 Å². The maximum atomic E-state index is 14.2. The van der Waals surface area contributed by atoms with Crippen molar-refractivity contribution in [1.82, 2.24) is 20.1 Å². The van der Waals surface area contributed by atoms with Crippen molar-refractivity contribution in [3.05, 3.63) is 16.1 Å². The third-order valence-corrected chi connectivity index (χ3v) is 8.63. The van der Waals surface area contributed by atoms with Crippen molar-refractivity contribution >= 4 is 35.1 Å². The molecule has 1 aliphatic rings. The normalized spacial score (nSPS) is 18.1. The second-order valence-electron chi connectivity index (χ2n) is 11.0. The van der Waals surface area contributed by atoms with Crippen LogP contribution in [0.2, 0.25) is 0 Å². The smallest absolute Gasteiger partial charge is 0.357 e. The molecule has 1 saturated heterocycles. The number of ether oxygens (including phenoxy) is 2. The molecule has 1 N–H and O–H groups in total. The first-order chi connectivity index (χ1) is 19.0. The van der Waals surface area contributed by atoms with Crippen molar-refractivity contribution in [2.75, 3.05) is 27.4 Å². The Bertz CT molecular complexity index is 983. The van der Waals surface area contributed by atoms with E-state index in [1.54, 1.807) is 10.3 Å². The summed E-state index contributed by atoms with van der Waals surface area (Å²) in [5, 5.41) is 5.50. The molecule has 0 bridgehead atoms. The Morgan fingerprint density at radius 2 is 1.93 bits per heavy atom. The van der Waals surface area contributed by atoms with E-state index in [9.17, 15) is 19.2 Å². The van der Waals surface area contributed by atoms with E-state index in [4.69, 9.17) is 9.47 Å².